The Balaban J connectivity index is 3.20. The van der Waals surface area contributed by atoms with Crippen LogP contribution in [-0.4, -0.2) is 15.0 Å². The van der Waals surface area contributed by atoms with E-state index >= 15 is 0 Å². The highest BCUT2D eigenvalue weighted by Crippen LogP contribution is 2.23. The van der Waals surface area contributed by atoms with E-state index < -0.39 is 15.8 Å². The molecule has 0 atom stereocenters. The van der Waals surface area contributed by atoms with E-state index in [0.29, 0.717) is 4.47 Å². The van der Waals surface area contributed by atoms with Gasteiger partial charge in [0.25, 0.3) is 0 Å². The van der Waals surface area contributed by atoms with E-state index in [0.717, 1.165) is 0 Å². The molecule has 1 rings (SSSR count). The maximum Gasteiger partial charge on any atom is 0.243 e. The highest BCUT2D eigenvalue weighted by Gasteiger charge is 2.21. The molecule has 1 aromatic carbocycles. The molecular weight excluding hydrogens is 323 g/mol. The summed E-state index contributed by atoms with van der Waals surface area (Å²) in [5, 5.41) is 0. The first-order chi connectivity index (χ1) is 8.27. The first kappa shape index (κ1) is 15.6. The molecule has 4 nitrogen and oxygen atoms in total. The van der Waals surface area contributed by atoms with Gasteiger partial charge in [-0.15, -0.1) is 0 Å². The maximum atomic E-state index is 14.0. The average Bonchev–Trinajstić information content (AvgIpc) is 2.29. The number of rotatable bonds is 5. The van der Waals surface area contributed by atoms with Crippen LogP contribution in [0.15, 0.2) is 21.5 Å². The van der Waals surface area contributed by atoms with Gasteiger partial charge in [-0.25, -0.2) is 17.5 Å². The second-order valence-corrected chi connectivity index (χ2v) is 6.98. The van der Waals surface area contributed by atoms with Crippen molar-refractivity contribution < 1.29 is 12.8 Å². The van der Waals surface area contributed by atoms with E-state index in [2.05, 4.69) is 20.7 Å². The van der Waals surface area contributed by atoms with E-state index in [1.165, 1.54) is 12.1 Å². The summed E-state index contributed by atoms with van der Waals surface area (Å²) in [5.41, 5.74) is 5.54. The molecule has 0 aromatic heterocycles. The maximum absolute atomic E-state index is 14.0. The number of nitrogens with one attached hydrogen (secondary N) is 1. The Kier molecular flexibility index (Phi) is 5.27. The molecule has 0 saturated heterocycles. The number of hydrogen-bond donors (Lipinski definition) is 2. The molecule has 0 aliphatic heterocycles. The number of sulfonamides is 1. The predicted molar refractivity (Wildman–Crippen MR) is 72.0 cm³/mol. The molecule has 102 valence electrons. The standard InChI is InChI=1S/C11H16BrFN2O2S/c1-7(2)6-15-18(16,17)10-4-9(12)3-8(5-14)11(10)13/h3-4,7,15H,5-6,14H2,1-2H3. The van der Waals surface area contributed by atoms with Gasteiger partial charge in [-0.2, -0.15) is 0 Å². The van der Waals surface area contributed by atoms with E-state index in [9.17, 15) is 12.8 Å². The van der Waals surface area contributed by atoms with Crippen molar-refractivity contribution in [1.82, 2.24) is 4.72 Å². The molecular formula is C11H16BrFN2O2S. The molecule has 1 aromatic rings. The summed E-state index contributed by atoms with van der Waals surface area (Å²) in [4.78, 5) is -0.377. The van der Waals surface area contributed by atoms with E-state index in [-0.39, 0.29) is 29.5 Å². The van der Waals surface area contributed by atoms with Gasteiger partial charge in [0.05, 0.1) is 0 Å². The van der Waals surface area contributed by atoms with Crippen molar-refractivity contribution in [3.63, 3.8) is 0 Å². The molecule has 0 amide bonds. The Morgan fingerprint density at radius 3 is 2.56 bits per heavy atom. The van der Waals surface area contributed by atoms with Crippen LogP contribution < -0.4 is 10.5 Å². The van der Waals surface area contributed by atoms with Gasteiger partial charge in [-0.1, -0.05) is 29.8 Å². The van der Waals surface area contributed by atoms with Crippen LogP contribution in [-0.2, 0) is 16.6 Å². The first-order valence-corrected chi connectivity index (χ1v) is 7.73. The third kappa shape index (κ3) is 3.74. The first-order valence-electron chi connectivity index (χ1n) is 5.45. The van der Waals surface area contributed by atoms with Gasteiger partial charge in [-0.3, -0.25) is 0 Å². The van der Waals surface area contributed by atoms with Gasteiger partial charge in [-0.05, 0) is 18.1 Å². The smallest absolute Gasteiger partial charge is 0.243 e. The number of benzene rings is 1. The zero-order valence-corrected chi connectivity index (χ0v) is 12.6. The normalized spacial score (nSPS) is 12.1. The lowest BCUT2D eigenvalue weighted by Crippen LogP contribution is -2.28. The summed E-state index contributed by atoms with van der Waals surface area (Å²) in [5.74, 6) is -0.652. The molecule has 0 radical (unpaired) electrons. The molecule has 0 heterocycles. The third-order valence-electron chi connectivity index (χ3n) is 2.27. The zero-order valence-electron chi connectivity index (χ0n) is 10.2. The fourth-order valence-corrected chi connectivity index (χ4v) is 3.33. The van der Waals surface area contributed by atoms with Crippen molar-refractivity contribution in [2.45, 2.75) is 25.3 Å². The Morgan fingerprint density at radius 1 is 1.44 bits per heavy atom. The molecule has 0 unspecified atom stereocenters. The summed E-state index contributed by atoms with van der Waals surface area (Å²) in [7, 11) is -3.85. The van der Waals surface area contributed by atoms with Crippen LogP contribution in [0.2, 0.25) is 0 Å². The van der Waals surface area contributed by atoms with Gasteiger partial charge < -0.3 is 5.73 Å². The Labute approximate surface area is 115 Å². The fourth-order valence-electron chi connectivity index (χ4n) is 1.32. The van der Waals surface area contributed by atoms with Gasteiger partial charge in [0, 0.05) is 23.1 Å². The largest absolute Gasteiger partial charge is 0.326 e. The molecule has 18 heavy (non-hydrogen) atoms. The van der Waals surface area contributed by atoms with Crippen LogP contribution in [0.1, 0.15) is 19.4 Å². The summed E-state index contributed by atoms with van der Waals surface area (Å²) in [6, 6.07) is 2.70. The molecule has 0 aliphatic rings. The van der Waals surface area contributed by atoms with Gasteiger partial charge in [0.1, 0.15) is 10.7 Å². The van der Waals surface area contributed by atoms with Crippen molar-refractivity contribution in [3.05, 3.63) is 28.0 Å². The van der Waals surface area contributed by atoms with Crippen LogP contribution in [0.5, 0.6) is 0 Å². The summed E-state index contributed by atoms with van der Waals surface area (Å²) in [6.07, 6.45) is 0. The Bertz CT molecular complexity index is 532. The van der Waals surface area contributed by atoms with Gasteiger partial charge in [0.15, 0.2) is 0 Å². The molecule has 3 N–H and O–H groups in total. The van der Waals surface area contributed by atoms with Crippen molar-refractivity contribution in [2.75, 3.05) is 6.54 Å². The molecule has 7 heteroatoms. The van der Waals surface area contributed by atoms with Crippen molar-refractivity contribution in [3.8, 4) is 0 Å². The SMILES string of the molecule is CC(C)CNS(=O)(=O)c1cc(Br)cc(CN)c1F. The minimum atomic E-state index is -3.85. The lowest BCUT2D eigenvalue weighted by atomic mass is 10.2. The highest BCUT2D eigenvalue weighted by atomic mass is 79.9. The Hall–Kier alpha value is -0.500. The van der Waals surface area contributed by atoms with Crippen molar-refractivity contribution in [2.24, 2.45) is 11.7 Å². The number of nitrogens with two attached hydrogens (primary N) is 1. The van der Waals surface area contributed by atoms with Crippen LogP contribution >= 0.6 is 15.9 Å². The second-order valence-electron chi connectivity index (χ2n) is 4.33. The lowest BCUT2D eigenvalue weighted by molar-refractivity contribution is 0.538. The van der Waals surface area contributed by atoms with Gasteiger partial charge >= 0.3 is 0 Å². The van der Waals surface area contributed by atoms with Crippen LogP contribution in [0.4, 0.5) is 4.39 Å². The third-order valence-corrected chi connectivity index (χ3v) is 4.15. The number of halogens is 2. The van der Waals surface area contributed by atoms with E-state index in [1.807, 2.05) is 13.8 Å². The summed E-state index contributed by atoms with van der Waals surface area (Å²) >= 11 is 3.15. The molecule has 0 spiro atoms. The average molecular weight is 339 g/mol. The summed E-state index contributed by atoms with van der Waals surface area (Å²) in [6.45, 7) is 3.93. The van der Waals surface area contributed by atoms with Crippen LogP contribution in [0.25, 0.3) is 0 Å². The summed E-state index contributed by atoms with van der Waals surface area (Å²) < 4.78 is 40.7. The lowest BCUT2D eigenvalue weighted by Gasteiger charge is -2.11. The predicted octanol–water partition coefficient (Wildman–Crippen LogP) is 1.98. The Morgan fingerprint density at radius 2 is 2.06 bits per heavy atom. The van der Waals surface area contributed by atoms with Crippen LogP contribution in [0, 0.1) is 11.7 Å². The molecule has 0 aliphatic carbocycles. The van der Waals surface area contributed by atoms with E-state index in [4.69, 9.17) is 5.73 Å². The van der Waals surface area contributed by atoms with Crippen molar-refractivity contribution >= 4 is 26.0 Å². The topological polar surface area (TPSA) is 72.2 Å². The minimum absolute atomic E-state index is 0.0576. The minimum Gasteiger partial charge on any atom is -0.326 e. The monoisotopic (exact) mass is 338 g/mol. The number of hydrogen-bond acceptors (Lipinski definition) is 3. The second kappa shape index (κ2) is 6.10. The highest BCUT2D eigenvalue weighted by molar-refractivity contribution is 9.10. The molecule has 0 fully saturated rings. The molecule has 0 bridgehead atoms. The quantitative estimate of drug-likeness (QED) is 0.862. The molecule has 0 saturated carbocycles. The zero-order chi connectivity index (χ0) is 13.9. The fraction of sp³-hybridized carbons (Fsp3) is 0.455. The van der Waals surface area contributed by atoms with E-state index in [1.54, 1.807) is 0 Å². The van der Waals surface area contributed by atoms with Crippen molar-refractivity contribution in [1.29, 1.82) is 0 Å². The van der Waals surface area contributed by atoms with Crippen LogP contribution in [0.3, 0.4) is 0 Å². The van der Waals surface area contributed by atoms with Gasteiger partial charge in [0.2, 0.25) is 10.0 Å².